The summed E-state index contributed by atoms with van der Waals surface area (Å²) in [5.74, 6) is 0.139. The average Bonchev–Trinajstić information content (AvgIpc) is 2.66. The fourth-order valence-corrected chi connectivity index (χ4v) is 2.83. The summed E-state index contributed by atoms with van der Waals surface area (Å²) in [6.45, 7) is 8.03. The normalized spacial score (nSPS) is 18.8. The predicted octanol–water partition coefficient (Wildman–Crippen LogP) is 1.93. The summed E-state index contributed by atoms with van der Waals surface area (Å²) in [7, 11) is 1.95. The average molecular weight is 351 g/mol. The summed E-state index contributed by atoms with van der Waals surface area (Å²) < 4.78 is 1.89. The molecular weight excluding hydrogens is 323 g/mol. The quantitative estimate of drug-likeness (QED) is 0.872. The van der Waals surface area contributed by atoms with E-state index in [2.05, 4.69) is 22.7 Å². The summed E-state index contributed by atoms with van der Waals surface area (Å²) in [6, 6.07) is 0.287. The second-order valence-corrected chi connectivity index (χ2v) is 5.93. The number of rotatable bonds is 4. The van der Waals surface area contributed by atoms with Crippen molar-refractivity contribution in [2.75, 3.05) is 13.1 Å². The van der Waals surface area contributed by atoms with Crippen molar-refractivity contribution in [2.45, 2.75) is 46.1 Å². The third kappa shape index (κ3) is 5.14. The number of aromatic nitrogens is 2. The number of nitrogens with zero attached hydrogens (tertiary/aromatic N) is 2. The molecule has 5 nitrogen and oxygen atoms in total. The minimum absolute atomic E-state index is 0. The molecular formula is C15H28Cl2N4O. The van der Waals surface area contributed by atoms with Crippen molar-refractivity contribution in [3.8, 4) is 0 Å². The minimum Gasteiger partial charge on any atom is -0.352 e. The molecule has 0 spiro atoms. The van der Waals surface area contributed by atoms with E-state index in [1.165, 1.54) is 5.56 Å². The highest BCUT2D eigenvalue weighted by molar-refractivity contribution is 5.85. The number of carbonyl (C=O) groups excluding carboxylic acids is 1. The summed E-state index contributed by atoms with van der Waals surface area (Å²) >= 11 is 0. The van der Waals surface area contributed by atoms with Crippen LogP contribution in [0.1, 0.15) is 36.7 Å². The minimum atomic E-state index is -0.0153. The molecule has 2 atom stereocenters. The SMILES string of the molecule is Cc1nn(C)c(C)c1CC(C)C(=O)N[C@H]1CCCNC1.Cl.Cl. The first kappa shape index (κ1) is 21.2. The van der Waals surface area contributed by atoms with Gasteiger partial charge in [0.15, 0.2) is 0 Å². The molecule has 1 aromatic heterocycles. The predicted molar refractivity (Wildman–Crippen MR) is 94.1 cm³/mol. The molecule has 1 aliphatic heterocycles. The van der Waals surface area contributed by atoms with Gasteiger partial charge in [0.05, 0.1) is 5.69 Å². The van der Waals surface area contributed by atoms with E-state index in [9.17, 15) is 4.79 Å². The van der Waals surface area contributed by atoms with Crippen molar-refractivity contribution in [3.05, 3.63) is 17.0 Å². The zero-order valence-electron chi connectivity index (χ0n) is 13.8. The molecule has 1 unspecified atom stereocenters. The summed E-state index contributed by atoms with van der Waals surface area (Å²) in [5.41, 5.74) is 3.39. The lowest BCUT2D eigenvalue weighted by molar-refractivity contribution is -0.125. The Kier molecular flexibility index (Phi) is 9.05. The number of hydrogen-bond donors (Lipinski definition) is 2. The molecule has 0 saturated carbocycles. The highest BCUT2D eigenvalue weighted by Crippen LogP contribution is 2.17. The molecule has 0 aliphatic carbocycles. The lowest BCUT2D eigenvalue weighted by atomic mass is 9.98. The molecule has 0 aromatic carbocycles. The molecule has 2 heterocycles. The van der Waals surface area contributed by atoms with Gasteiger partial charge in [0.25, 0.3) is 0 Å². The Balaban J connectivity index is 0.00000220. The smallest absolute Gasteiger partial charge is 0.223 e. The van der Waals surface area contributed by atoms with Crippen molar-refractivity contribution in [3.63, 3.8) is 0 Å². The second-order valence-electron chi connectivity index (χ2n) is 5.93. The van der Waals surface area contributed by atoms with Crippen LogP contribution in [-0.2, 0) is 18.3 Å². The standard InChI is InChI=1S/C15H26N4O.2ClH/c1-10(8-14-11(2)18-19(4)12(14)3)15(20)17-13-6-5-7-16-9-13;;/h10,13,16H,5-9H2,1-4H3,(H,17,20);2*1H/t10?,13-;;/m0../s1. The van der Waals surface area contributed by atoms with Gasteiger partial charge in [0.1, 0.15) is 0 Å². The Hall–Kier alpha value is -0.780. The molecule has 22 heavy (non-hydrogen) atoms. The first-order chi connectivity index (χ1) is 9.49. The van der Waals surface area contributed by atoms with Crippen LogP contribution in [0.2, 0.25) is 0 Å². The van der Waals surface area contributed by atoms with Gasteiger partial charge in [-0.3, -0.25) is 9.48 Å². The second kappa shape index (κ2) is 9.38. The van der Waals surface area contributed by atoms with Crippen molar-refractivity contribution in [1.82, 2.24) is 20.4 Å². The van der Waals surface area contributed by atoms with Crippen LogP contribution in [0.5, 0.6) is 0 Å². The maximum absolute atomic E-state index is 12.3. The van der Waals surface area contributed by atoms with Crippen molar-refractivity contribution in [1.29, 1.82) is 0 Å². The van der Waals surface area contributed by atoms with Crippen LogP contribution in [-0.4, -0.2) is 34.8 Å². The number of carbonyl (C=O) groups is 1. The van der Waals surface area contributed by atoms with Gasteiger partial charge in [-0.2, -0.15) is 5.10 Å². The molecule has 2 N–H and O–H groups in total. The monoisotopic (exact) mass is 350 g/mol. The summed E-state index contributed by atoms with van der Waals surface area (Å²) in [6.07, 6.45) is 2.98. The van der Waals surface area contributed by atoms with E-state index in [1.807, 2.05) is 25.6 Å². The lowest BCUT2D eigenvalue weighted by Gasteiger charge is -2.25. The van der Waals surface area contributed by atoms with Crippen LogP contribution in [0.3, 0.4) is 0 Å². The number of nitrogens with one attached hydrogen (secondary N) is 2. The van der Waals surface area contributed by atoms with Crippen LogP contribution < -0.4 is 10.6 Å². The maximum atomic E-state index is 12.3. The van der Waals surface area contributed by atoms with Gasteiger partial charge < -0.3 is 10.6 Å². The first-order valence-electron chi connectivity index (χ1n) is 7.49. The molecule has 1 fully saturated rings. The van der Waals surface area contributed by atoms with Crippen molar-refractivity contribution < 1.29 is 4.79 Å². The van der Waals surface area contributed by atoms with E-state index in [0.29, 0.717) is 0 Å². The van der Waals surface area contributed by atoms with Crippen LogP contribution in [0.4, 0.5) is 0 Å². The van der Waals surface area contributed by atoms with Crippen molar-refractivity contribution in [2.24, 2.45) is 13.0 Å². The summed E-state index contributed by atoms with van der Waals surface area (Å²) in [5, 5.41) is 10.9. The molecule has 0 bridgehead atoms. The molecule has 1 aromatic rings. The van der Waals surface area contributed by atoms with E-state index < -0.39 is 0 Å². The van der Waals surface area contributed by atoms with Gasteiger partial charge in [0, 0.05) is 31.2 Å². The van der Waals surface area contributed by atoms with E-state index >= 15 is 0 Å². The first-order valence-corrected chi connectivity index (χ1v) is 7.49. The van der Waals surface area contributed by atoms with Crippen LogP contribution in [0.15, 0.2) is 0 Å². The highest BCUT2D eigenvalue weighted by Gasteiger charge is 2.21. The van der Waals surface area contributed by atoms with E-state index in [4.69, 9.17) is 0 Å². The maximum Gasteiger partial charge on any atom is 0.223 e. The van der Waals surface area contributed by atoms with E-state index in [-0.39, 0.29) is 42.7 Å². The fraction of sp³-hybridized carbons (Fsp3) is 0.733. The molecule has 7 heteroatoms. The Morgan fingerprint density at radius 2 is 2.14 bits per heavy atom. The molecule has 0 radical (unpaired) electrons. The number of amides is 1. The van der Waals surface area contributed by atoms with Gasteiger partial charge in [-0.05, 0) is 45.2 Å². The van der Waals surface area contributed by atoms with E-state index in [1.54, 1.807) is 0 Å². The molecule has 128 valence electrons. The Morgan fingerprint density at radius 3 is 2.64 bits per heavy atom. The fourth-order valence-electron chi connectivity index (χ4n) is 2.83. The zero-order chi connectivity index (χ0) is 14.7. The van der Waals surface area contributed by atoms with Gasteiger partial charge >= 0.3 is 0 Å². The van der Waals surface area contributed by atoms with E-state index in [0.717, 1.165) is 43.7 Å². The molecule has 1 saturated heterocycles. The Morgan fingerprint density at radius 1 is 1.45 bits per heavy atom. The van der Waals surface area contributed by atoms with Gasteiger partial charge in [0.2, 0.25) is 5.91 Å². The lowest BCUT2D eigenvalue weighted by Crippen LogP contribution is -2.47. The largest absolute Gasteiger partial charge is 0.352 e. The summed E-state index contributed by atoms with van der Waals surface area (Å²) in [4.78, 5) is 12.3. The zero-order valence-corrected chi connectivity index (χ0v) is 15.4. The van der Waals surface area contributed by atoms with Crippen LogP contribution >= 0.6 is 24.8 Å². The molecule has 1 aliphatic rings. The van der Waals surface area contributed by atoms with Gasteiger partial charge in [-0.15, -0.1) is 24.8 Å². The third-order valence-electron chi connectivity index (χ3n) is 4.26. The number of aryl methyl sites for hydroxylation is 2. The number of piperidine rings is 1. The van der Waals surface area contributed by atoms with Crippen molar-refractivity contribution >= 4 is 30.7 Å². The van der Waals surface area contributed by atoms with Gasteiger partial charge in [-0.25, -0.2) is 0 Å². The highest BCUT2D eigenvalue weighted by atomic mass is 35.5. The van der Waals surface area contributed by atoms with Crippen LogP contribution in [0.25, 0.3) is 0 Å². The Bertz CT molecular complexity index is 484. The van der Waals surface area contributed by atoms with Gasteiger partial charge in [-0.1, -0.05) is 6.92 Å². The number of hydrogen-bond acceptors (Lipinski definition) is 3. The Labute approximate surface area is 145 Å². The molecule has 1 amide bonds. The topological polar surface area (TPSA) is 59.0 Å². The third-order valence-corrected chi connectivity index (χ3v) is 4.26. The van der Waals surface area contributed by atoms with Crippen LogP contribution in [0, 0.1) is 19.8 Å². The number of halogens is 2. The molecule has 2 rings (SSSR count).